The molecule has 190 valence electrons. The lowest BCUT2D eigenvalue weighted by molar-refractivity contribution is -0.385. The minimum absolute atomic E-state index is 0.108. The Morgan fingerprint density at radius 3 is 2.43 bits per heavy atom. The van der Waals surface area contributed by atoms with Crippen molar-refractivity contribution in [2.75, 3.05) is 11.5 Å². The number of thiocarbonyl (C=S) groups is 1. The van der Waals surface area contributed by atoms with Gasteiger partial charge < -0.3 is 9.47 Å². The van der Waals surface area contributed by atoms with Crippen molar-refractivity contribution in [1.82, 2.24) is 0 Å². The van der Waals surface area contributed by atoms with E-state index in [1.165, 1.54) is 17.0 Å². The Morgan fingerprint density at radius 1 is 1.08 bits per heavy atom. The molecule has 4 rings (SSSR count). The summed E-state index contributed by atoms with van der Waals surface area (Å²) in [7, 11) is 0. The molecule has 12 heteroatoms. The predicted molar refractivity (Wildman–Crippen MR) is 138 cm³/mol. The van der Waals surface area contributed by atoms with Crippen molar-refractivity contribution in [3.63, 3.8) is 0 Å². The second-order valence-corrected chi connectivity index (χ2v) is 9.20. The number of anilines is 1. The van der Waals surface area contributed by atoms with Crippen molar-refractivity contribution < 1.29 is 32.4 Å². The summed E-state index contributed by atoms with van der Waals surface area (Å²) in [6, 6.07) is 15.2. The van der Waals surface area contributed by atoms with E-state index in [-0.39, 0.29) is 22.3 Å². The molecular weight excluding hydrogens is 529 g/mol. The SMILES string of the molecule is CCOc1ccc(N2C(=O)/C(=C\c3ccccc3Oc3ccc(C(F)(F)F)cc3[N+](=O)[O-])SC2=S)cc1. The molecule has 0 atom stereocenters. The number of nitro groups is 1. The fraction of sp³-hybridized carbons (Fsp3) is 0.120. The molecule has 0 saturated carbocycles. The van der Waals surface area contributed by atoms with E-state index in [2.05, 4.69) is 0 Å². The number of rotatable bonds is 7. The molecule has 0 radical (unpaired) electrons. The Morgan fingerprint density at radius 2 is 1.78 bits per heavy atom. The second-order valence-electron chi connectivity index (χ2n) is 7.52. The van der Waals surface area contributed by atoms with Crippen LogP contribution >= 0.6 is 24.0 Å². The lowest BCUT2D eigenvalue weighted by Crippen LogP contribution is -2.27. The largest absolute Gasteiger partial charge is 0.494 e. The van der Waals surface area contributed by atoms with E-state index in [1.54, 1.807) is 42.5 Å². The molecule has 3 aromatic carbocycles. The second kappa shape index (κ2) is 10.6. The smallest absolute Gasteiger partial charge is 0.416 e. The van der Waals surface area contributed by atoms with Crippen molar-refractivity contribution in [3.8, 4) is 17.2 Å². The van der Waals surface area contributed by atoms with Crippen molar-refractivity contribution >= 4 is 51.7 Å². The molecule has 0 bridgehead atoms. The number of nitro benzene ring substituents is 1. The topological polar surface area (TPSA) is 81.9 Å². The zero-order valence-electron chi connectivity index (χ0n) is 19.0. The first-order valence-electron chi connectivity index (χ1n) is 10.7. The molecule has 0 aliphatic carbocycles. The number of thioether (sulfide) groups is 1. The van der Waals surface area contributed by atoms with Crippen LogP contribution in [0.5, 0.6) is 17.2 Å². The first kappa shape index (κ1) is 26.2. The van der Waals surface area contributed by atoms with E-state index in [4.69, 9.17) is 21.7 Å². The van der Waals surface area contributed by atoms with Crippen LogP contribution in [0.1, 0.15) is 18.1 Å². The van der Waals surface area contributed by atoms with Crippen LogP contribution in [0.25, 0.3) is 6.08 Å². The fourth-order valence-corrected chi connectivity index (χ4v) is 4.71. The third-order valence-electron chi connectivity index (χ3n) is 5.11. The molecule has 1 aliphatic rings. The maximum atomic E-state index is 13.2. The molecule has 1 heterocycles. The molecule has 1 amide bonds. The summed E-state index contributed by atoms with van der Waals surface area (Å²) in [5.74, 6) is 0.00243. The standard InChI is InChI=1S/C25H17F3N2O5S2/c1-2-34-18-10-8-17(9-11-18)29-23(31)22(37-24(29)36)13-15-5-3-4-6-20(15)35-21-12-7-16(25(26,27)28)14-19(21)30(32)33/h3-14H,2H2,1H3/b22-13+. The first-order chi connectivity index (χ1) is 17.6. The summed E-state index contributed by atoms with van der Waals surface area (Å²) in [4.78, 5) is 25.3. The number of ether oxygens (including phenoxy) is 2. The molecule has 0 spiro atoms. The average Bonchev–Trinajstić information content (AvgIpc) is 3.13. The Labute approximate surface area is 218 Å². The van der Waals surface area contributed by atoms with E-state index in [0.717, 1.165) is 17.8 Å². The average molecular weight is 547 g/mol. The highest BCUT2D eigenvalue weighted by Crippen LogP contribution is 2.41. The molecule has 0 unspecified atom stereocenters. The van der Waals surface area contributed by atoms with Crippen molar-refractivity contribution in [2.45, 2.75) is 13.1 Å². The zero-order chi connectivity index (χ0) is 26.7. The van der Waals surface area contributed by atoms with Gasteiger partial charge in [0.05, 0.1) is 27.7 Å². The number of para-hydroxylation sites is 1. The van der Waals surface area contributed by atoms with E-state index in [1.807, 2.05) is 6.92 Å². The van der Waals surface area contributed by atoms with E-state index in [9.17, 15) is 28.1 Å². The number of amides is 1. The van der Waals surface area contributed by atoms with Crippen LogP contribution in [0, 0.1) is 10.1 Å². The number of hydrogen-bond acceptors (Lipinski definition) is 7. The van der Waals surface area contributed by atoms with Gasteiger partial charge in [0.2, 0.25) is 5.75 Å². The van der Waals surface area contributed by atoms with Crippen LogP contribution in [0.15, 0.2) is 71.6 Å². The summed E-state index contributed by atoms with van der Waals surface area (Å²) in [5.41, 5.74) is -1.08. The monoisotopic (exact) mass is 546 g/mol. The van der Waals surface area contributed by atoms with Gasteiger partial charge in [-0.05, 0) is 55.5 Å². The normalized spacial score (nSPS) is 14.8. The number of carbonyl (C=O) groups is 1. The summed E-state index contributed by atoms with van der Waals surface area (Å²) in [6.45, 7) is 2.36. The maximum Gasteiger partial charge on any atom is 0.416 e. The van der Waals surface area contributed by atoms with Gasteiger partial charge >= 0.3 is 11.9 Å². The van der Waals surface area contributed by atoms with Gasteiger partial charge in [-0.3, -0.25) is 19.8 Å². The van der Waals surface area contributed by atoms with Gasteiger partial charge in [0.1, 0.15) is 11.5 Å². The van der Waals surface area contributed by atoms with Gasteiger partial charge in [0, 0.05) is 11.6 Å². The number of nitrogens with zero attached hydrogens (tertiary/aromatic N) is 2. The molecule has 3 aromatic rings. The Balaban J connectivity index is 1.64. The Bertz CT molecular complexity index is 1410. The predicted octanol–water partition coefficient (Wildman–Crippen LogP) is 7.21. The lowest BCUT2D eigenvalue weighted by Gasteiger charge is -2.15. The van der Waals surface area contributed by atoms with E-state index >= 15 is 0 Å². The Kier molecular flexibility index (Phi) is 7.50. The number of halogens is 3. The van der Waals surface area contributed by atoms with Gasteiger partial charge in [-0.25, -0.2) is 0 Å². The van der Waals surface area contributed by atoms with E-state index in [0.29, 0.717) is 40.1 Å². The maximum absolute atomic E-state index is 13.2. The van der Waals surface area contributed by atoms with Crippen LogP contribution < -0.4 is 14.4 Å². The van der Waals surface area contributed by atoms with Gasteiger partial charge in [-0.15, -0.1) is 0 Å². The highest BCUT2D eigenvalue weighted by molar-refractivity contribution is 8.27. The van der Waals surface area contributed by atoms with Crippen LogP contribution in [0.4, 0.5) is 24.5 Å². The molecule has 1 saturated heterocycles. The van der Waals surface area contributed by atoms with Gasteiger partial charge in [0.25, 0.3) is 5.91 Å². The molecule has 0 aromatic heterocycles. The molecular formula is C25H17F3N2O5S2. The highest BCUT2D eigenvalue weighted by atomic mass is 32.2. The lowest BCUT2D eigenvalue weighted by atomic mass is 10.1. The third kappa shape index (κ3) is 5.75. The summed E-state index contributed by atoms with van der Waals surface area (Å²) in [6.07, 6.45) is -3.24. The van der Waals surface area contributed by atoms with Crippen molar-refractivity contribution in [2.24, 2.45) is 0 Å². The number of hydrogen-bond donors (Lipinski definition) is 0. The van der Waals surface area contributed by atoms with Crippen molar-refractivity contribution in [1.29, 1.82) is 0 Å². The zero-order valence-corrected chi connectivity index (χ0v) is 20.7. The highest BCUT2D eigenvalue weighted by Gasteiger charge is 2.35. The third-order valence-corrected chi connectivity index (χ3v) is 6.41. The molecule has 7 nitrogen and oxygen atoms in total. The summed E-state index contributed by atoms with van der Waals surface area (Å²) in [5, 5.41) is 11.4. The van der Waals surface area contributed by atoms with Crippen LogP contribution in [0.2, 0.25) is 0 Å². The van der Waals surface area contributed by atoms with Crippen molar-refractivity contribution in [3.05, 3.63) is 92.9 Å². The molecule has 1 fully saturated rings. The fourth-order valence-electron chi connectivity index (χ4n) is 3.42. The van der Waals surface area contributed by atoms with Gasteiger partial charge in [0.15, 0.2) is 4.32 Å². The van der Waals surface area contributed by atoms with Crippen LogP contribution in [0.3, 0.4) is 0 Å². The number of alkyl halides is 3. The quantitative estimate of drug-likeness (QED) is 0.134. The minimum atomic E-state index is -4.75. The van der Waals surface area contributed by atoms with Gasteiger partial charge in [-0.2, -0.15) is 13.2 Å². The van der Waals surface area contributed by atoms with Crippen LogP contribution in [-0.4, -0.2) is 21.8 Å². The molecule has 0 N–H and O–H groups in total. The van der Waals surface area contributed by atoms with Gasteiger partial charge in [-0.1, -0.05) is 42.2 Å². The minimum Gasteiger partial charge on any atom is -0.494 e. The van der Waals surface area contributed by atoms with Crippen LogP contribution in [-0.2, 0) is 11.0 Å². The summed E-state index contributed by atoms with van der Waals surface area (Å²) >= 11 is 6.46. The molecule has 1 aliphatic heterocycles. The van der Waals surface area contributed by atoms with E-state index < -0.39 is 22.4 Å². The first-order valence-corrected chi connectivity index (χ1v) is 11.9. The Hall–Kier alpha value is -3.90. The number of carbonyl (C=O) groups excluding carboxylic acids is 1. The number of benzene rings is 3. The summed E-state index contributed by atoms with van der Waals surface area (Å²) < 4.78 is 50.5. The molecule has 37 heavy (non-hydrogen) atoms.